The molecule has 32 heavy (non-hydrogen) atoms. The summed E-state index contributed by atoms with van der Waals surface area (Å²) in [6.07, 6.45) is 3.38. The number of rotatable bonds is 6. The van der Waals surface area contributed by atoms with Crippen LogP contribution in [0.4, 0.5) is 0 Å². The maximum Gasteiger partial charge on any atom is 0.254 e. The summed E-state index contributed by atoms with van der Waals surface area (Å²) in [7, 11) is 4.85. The minimum atomic E-state index is -0.589. The Morgan fingerprint density at radius 2 is 1.75 bits per heavy atom. The number of carbonyl (C=O) groups excluding carboxylic acids is 2. The SMILES string of the molecule is COc1ccc([C@H]2[C@H](C(=O)NCc3ccncc3)c3ccccc3C(=O)N2C)cc1OC. The van der Waals surface area contributed by atoms with Crippen molar-refractivity contribution in [2.45, 2.75) is 18.5 Å². The van der Waals surface area contributed by atoms with Crippen molar-refractivity contribution < 1.29 is 19.1 Å². The number of likely N-dealkylation sites (N-methyl/N-ethyl adjacent to an activating group) is 1. The number of benzene rings is 2. The first kappa shape index (κ1) is 21.4. The van der Waals surface area contributed by atoms with Crippen molar-refractivity contribution in [3.63, 3.8) is 0 Å². The molecule has 7 heteroatoms. The zero-order chi connectivity index (χ0) is 22.7. The van der Waals surface area contributed by atoms with Gasteiger partial charge in [0.15, 0.2) is 11.5 Å². The lowest BCUT2D eigenvalue weighted by Gasteiger charge is -2.40. The molecule has 7 nitrogen and oxygen atoms in total. The molecule has 164 valence electrons. The molecule has 0 spiro atoms. The van der Waals surface area contributed by atoms with E-state index in [-0.39, 0.29) is 11.8 Å². The van der Waals surface area contributed by atoms with Gasteiger partial charge in [-0.15, -0.1) is 0 Å². The molecule has 4 rings (SSSR count). The lowest BCUT2D eigenvalue weighted by Crippen LogP contribution is -2.45. The highest BCUT2D eigenvalue weighted by Gasteiger charge is 2.42. The summed E-state index contributed by atoms with van der Waals surface area (Å²) >= 11 is 0. The third-order valence-electron chi connectivity index (χ3n) is 5.83. The maximum atomic E-state index is 13.5. The number of pyridine rings is 1. The molecular formula is C25H25N3O4. The van der Waals surface area contributed by atoms with Crippen molar-refractivity contribution >= 4 is 11.8 Å². The fraction of sp³-hybridized carbons (Fsp3) is 0.240. The Morgan fingerprint density at radius 3 is 2.47 bits per heavy atom. The van der Waals surface area contributed by atoms with Crippen molar-refractivity contribution in [1.29, 1.82) is 0 Å². The van der Waals surface area contributed by atoms with E-state index in [1.54, 1.807) is 50.7 Å². The molecule has 1 aromatic heterocycles. The molecular weight excluding hydrogens is 406 g/mol. The third kappa shape index (κ3) is 3.89. The summed E-state index contributed by atoms with van der Waals surface area (Å²) < 4.78 is 10.8. The van der Waals surface area contributed by atoms with Crippen LogP contribution in [0, 0.1) is 0 Å². The lowest BCUT2D eigenvalue weighted by molar-refractivity contribution is -0.124. The monoisotopic (exact) mass is 431 g/mol. The van der Waals surface area contributed by atoms with Crippen LogP contribution in [0.25, 0.3) is 0 Å². The van der Waals surface area contributed by atoms with Crippen molar-refractivity contribution in [3.8, 4) is 11.5 Å². The molecule has 1 aliphatic rings. The molecule has 2 atom stereocenters. The van der Waals surface area contributed by atoms with E-state index >= 15 is 0 Å². The summed E-state index contributed by atoms with van der Waals surface area (Å²) in [6, 6.07) is 16.0. The fourth-order valence-corrected chi connectivity index (χ4v) is 4.21. The second kappa shape index (κ2) is 9.09. The highest BCUT2D eigenvalue weighted by Crippen LogP contribution is 2.43. The Hall–Kier alpha value is -3.87. The first-order valence-electron chi connectivity index (χ1n) is 10.3. The molecule has 0 aliphatic carbocycles. The average molecular weight is 431 g/mol. The Labute approximate surface area is 187 Å². The van der Waals surface area contributed by atoms with Gasteiger partial charge in [-0.05, 0) is 47.0 Å². The fourth-order valence-electron chi connectivity index (χ4n) is 4.21. The van der Waals surface area contributed by atoms with Crippen LogP contribution in [0.5, 0.6) is 11.5 Å². The molecule has 3 aromatic rings. The minimum absolute atomic E-state index is 0.126. The second-order valence-electron chi connectivity index (χ2n) is 7.61. The number of nitrogens with one attached hydrogen (secondary N) is 1. The van der Waals surface area contributed by atoms with Gasteiger partial charge in [-0.2, -0.15) is 0 Å². The second-order valence-corrected chi connectivity index (χ2v) is 7.61. The number of hydrogen-bond donors (Lipinski definition) is 1. The lowest BCUT2D eigenvalue weighted by atomic mass is 9.79. The first-order chi connectivity index (χ1) is 15.5. The number of carbonyl (C=O) groups is 2. The summed E-state index contributed by atoms with van der Waals surface area (Å²) in [5.41, 5.74) is 2.99. The molecule has 2 heterocycles. The van der Waals surface area contributed by atoms with Crippen LogP contribution in [0.3, 0.4) is 0 Å². The van der Waals surface area contributed by atoms with Gasteiger partial charge < -0.3 is 19.7 Å². The van der Waals surface area contributed by atoms with Gasteiger partial charge in [-0.3, -0.25) is 14.6 Å². The standard InChI is InChI=1S/C25H25N3O4/c1-28-23(17-8-9-20(31-2)21(14-17)32-3)22(18-6-4-5-7-19(18)25(28)30)24(29)27-15-16-10-12-26-13-11-16/h4-14,22-23H,15H2,1-3H3,(H,27,29)/t22-,23+/m1/s1. The zero-order valence-electron chi connectivity index (χ0n) is 18.2. The van der Waals surface area contributed by atoms with Gasteiger partial charge in [-0.1, -0.05) is 24.3 Å². The Bertz CT molecular complexity index is 1130. The predicted octanol–water partition coefficient (Wildman–Crippen LogP) is 3.33. The van der Waals surface area contributed by atoms with Crippen molar-refractivity contribution in [3.05, 3.63) is 89.2 Å². The van der Waals surface area contributed by atoms with E-state index in [1.807, 2.05) is 42.5 Å². The number of amides is 2. The van der Waals surface area contributed by atoms with E-state index in [9.17, 15) is 9.59 Å². The highest BCUT2D eigenvalue weighted by atomic mass is 16.5. The van der Waals surface area contributed by atoms with E-state index in [2.05, 4.69) is 10.3 Å². The van der Waals surface area contributed by atoms with Gasteiger partial charge in [0.25, 0.3) is 5.91 Å². The number of aromatic nitrogens is 1. The largest absolute Gasteiger partial charge is 0.493 e. The molecule has 0 bridgehead atoms. The van der Waals surface area contributed by atoms with E-state index in [1.165, 1.54) is 0 Å². The third-order valence-corrected chi connectivity index (χ3v) is 5.83. The van der Waals surface area contributed by atoms with Gasteiger partial charge in [-0.25, -0.2) is 0 Å². The summed E-state index contributed by atoms with van der Waals surface area (Å²) in [4.78, 5) is 32.3. The normalized spacial score (nSPS) is 17.5. The molecule has 0 radical (unpaired) electrons. The Kier molecular flexibility index (Phi) is 6.07. The van der Waals surface area contributed by atoms with Crippen LogP contribution < -0.4 is 14.8 Å². The molecule has 1 aliphatic heterocycles. The van der Waals surface area contributed by atoms with Gasteiger partial charge in [0.05, 0.1) is 26.2 Å². The zero-order valence-corrected chi connectivity index (χ0v) is 18.2. The summed E-state index contributed by atoms with van der Waals surface area (Å²) in [5.74, 6) is 0.251. The predicted molar refractivity (Wildman–Crippen MR) is 120 cm³/mol. The summed E-state index contributed by atoms with van der Waals surface area (Å²) in [5, 5.41) is 3.04. The quantitative estimate of drug-likeness (QED) is 0.648. The van der Waals surface area contributed by atoms with E-state index in [4.69, 9.17) is 9.47 Å². The van der Waals surface area contributed by atoms with E-state index in [0.717, 1.165) is 11.1 Å². The van der Waals surface area contributed by atoms with Crippen molar-refractivity contribution in [2.75, 3.05) is 21.3 Å². The highest BCUT2D eigenvalue weighted by molar-refractivity contribution is 6.01. The molecule has 0 saturated carbocycles. The van der Waals surface area contributed by atoms with Gasteiger partial charge in [0, 0.05) is 31.5 Å². The maximum absolute atomic E-state index is 13.5. The molecule has 0 unspecified atom stereocenters. The van der Waals surface area contributed by atoms with Crippen LogP contribution in [-0.4, -0.2) is 43.0 Å². The number of hydrogen-bond acceptors (Lipinski definition) is 5. The Morgan fingerprint density at radius 1 is 1.03 bits per heavy atom. The molecule has 1 N–H and O–H groups in total. The number of nitrogens with zero attached hydrogens (tertiary/aromatic N) is 2. The summed E-state index contributed by atoms with van der Waals surface area (Å²) in [6.45, 7) is 0.371. The smallest absolute Gasteiger partial charge is 0.254 e. The van der Waals surface area contributed by atoms with Crippen LogP contribution >= 0.6 is 0 Å². The molecule has 2 aromatic carbocycles. The van der Waals surface area contributed by atoms with Crippen LogP contribution in [0.1, 0.15) is 39.0 Å². The van der Waals surface area contributed by atoms with E-state index < -0.39 is 12.0 Å². The number of fused-ring (bicyclic) bond motifs is 1. The molecule has 0 fully saturated rings. The topological polar surface area (TPSA) is 80.8 Å². The van der Waals surface area contributed by atoms with Crippen LogP contribution in [0.2, 0.25) is 0 Å². The van der Waals surface area contributed by atoms with Crippen molar-refractivity contribution in [2.24, 2.45) is 0 Å². The van der Waals surface area contributed by atoms with Gasteiger partial charge >= 0.3 is 0 Å². The average Bonchev–Trinajstić information content (AvgIpc) is 2.84. The van der Waals surface area contributed by atoms with Gasteiger partial charge in [0.2, 0.25) is 5.91 Å². The molecule has 2 amide bonds. The van der Waals surface area contributed by atoms with Crippen molar-refractivity contribution in [1.82, 2.24) is 15.2 Å². The minimum Gasteiger partial charge on any atom is -0.493 e. The molecule has 0 saturated heterocycles. The number of methoxy groups -OCH3 is 2. The van der Waals surface area contributed by atoms with E-state index in [0.29, 0.717) is 29.2 Å². The first-order valence-corrected chi connectivity index (χ1v) is 10.3. The Balaban J connectivity index is 1.76. The van der Waals surface area contributed by atoms with Crippen LogP contribution in [-0.2, 0) is 11.3 Å². The van der Waals surface area contributed by atoms with Crippen LogP contribution in [0.15, 0.2) is 67.0 Å². The number of ether oxygens (including phenoxy) is 2. The van der Waals surface area contributed by atoms with Gasteiger partial charge in [0.1, 0.15) is 0 Å².